The van der Waals surface area contributed by atoms with E-state index in [0.29, 0.717) is 35.7 Å². The van der Waals surface area contributed by atoms with Crippen molar-refractivity contribution in [2.24, 2.45) is 22.6 Å². The number of carbonyl (C=O) groups excluding carboxylic acids is 3. The molecule has 1 aliphatic heterocycles. The van der Waals surface area contributed by atoms with Crippen molar-refractivity contribution in [1.29, 1.82) is 0 Å². The van der Waals surface area contributed by atoms with Gasteiger partial charge in [-0.2, -0.15) is 26.3 Å². The Balaban J connectivity index is 2.01. The van der Waals surface area contributed by atoms with Gasteiger partial charge >= 0.3 is 12.4 Å². The minimum atomic E-state index is -4.78. The molecule has 1 unspecified atom stereocenters. The normalized spacial score (nSPS) is 16.7. The highest BCUT2D eigenvalue weighted by Crippen LogP contribution is 2.34. The van der Waals surface area contributed by atoms with Crippen LogP contribution in [0.15, 0.2) is 53.5 Å². The number of hydrogen-bond donors (Lipinski definition) is 4. The standard InChI is InChI=1S/C28H31F6N5O4/c1-43-15-14-36-20-9-5-8-19-21(16-6-3-2-4-7-16)37-24(26(42)38-22(19)20)39-25(41)18(11-13-28(32,33)34)17(23(35)40)10-12-27(29,30)31/h2-9,17-18,24,36H,10-15H2,1H3,(H2,35,40)(H,38,42)(H,39,41)/t17-,18+,24?/m0/s1. The average Bonchev–Trinajstić information content (AvgIpc) is 3.06. The molecule has 43 heavy (non-hydrogen) atoms. The largest absolute Gasteiger partial charge is 0.389 e. The molecule has 0 spiro atoms. The molecule has 234 valence electrons. The Bertz CT molecular complexity index is 1320. The topological polar surface area (TPSA) is 135 Å². The van der Waals surface area contributed by atoms with Gasteiger partial charge in [-0.3, -0.25) is 14.4 Å². The molecular weight excluding hydrogens is 584 g/mol. The van der Waals surface area contributed by atoms with Gasteiger partial charge in [-0.25, -0.2) is 4.99 Å². The van der Waals surface area contributed by atoms with Gasteiger partial charge in [0.1, 0.15) is 0 Å². The maximum atomic E-state index is 13.4. The SMILES string of the molecule is COCCNc1cccc2c1NC(=O)C(NC(=O)[C@H](CCC(F)(F)F)[C@H](CCC(F)(F)F)C(N)=O)N=C2c1ccccc1. The molecule has 0 bridgehead atoms. The van der Waals surface area contributed by atoms with Gasteiger partial charge in [0.15, 0.2) is 0 Å². The molecule has 1 heterocycles. The number of carbonyl (C=O) groups is 3. The van der Waals surface area contributed by atoms with Gasteiger partial charge in [-0.15, -0.1) is 0 Å². The highest BCUT2D eigenvalue weighted by molar-refractivity contribution is 6.21. The van der Waals surface area contributed by atoms with Crippen molar-refractivity contribution < 1.29 is 45.5 Å². The summed E-state index contributed by atoms with van der Waals surface area (Å²) in [6, 6.07) is 13.6. The van der Waals surface area contributed by atoms with E-state index in [-0.39, 0.29) is 5.71 Å². The number of halogens is 6. The Morgan fingerprint density at radius 1 is 0.977 bits per heavy atom. The van der Waals surface area contributed by atoms with Crippen LogP contribution in [0.5, 0.6) is 0 Å². The molecule has 1 aliphatic rings. The summed E-state index contributed by atoms with van der Waals surface area (Å²) < 4.78 is 83.2. The van der Waals surface area contributed by atoms with Crippen LogP contribution in [0.2, 0.25) is 0 Å². The van der Waals surface area contributed by atoms with Crippen LogP contribution in [0.3, 0.4) is 0 Å². The van der Waals surface area contributed by atoms with E-state index in [1.165, 1.54) is 7.11 Å². The van der Waals surface area contributed by atoms with Gasteiger partial charge in [-0.1, -0.05) is 42.5 Å². The van der Waals surface area contributed by atoms with E-state index in [9.17, 15) is 40.7 Å². The van der Waals surface area contributed by atoms with Crippen molar-refractivity contribution in [2.45, 2.75) is 44.2 Å². The van der Waals surface area contributed by atoms with Gasteiger partial charge in [0.2, 0.25) is 18.0 Å². The van der Waals surface area contributed by atoms with Crippen LogP contribution >= 0.6 is 0 Å². The number of nitrogens with zero attached hydrogens (tertiary/aromatic N) is 1. The number of primary amides is 1. The van der Waals surface area contributed by atoms with E-state index in [2.05, 4.69) is 20.9 Å². The Labute approximate surface area is 243 Å². The van der Waals surface area contributed by atoms with Crippen molar-refractivity contribution in [2.75, 3.05) is 30.9 Å². The highest BCUT2D eigenvalue weighted by atomic mass is 19.4. The smallest absolute Gasteiger partial charge is 0.383 e. The fraction of sp³-hybridized carbons (Fsp3) is 0.429. The van der Waals surface area contributed by atoms with Gasteiger partial charge in [0.05, 0.1) is 23.7 Å². The summed E-state index contributed by atoms with van der Waals surface area (Å²) in [5.74, 6) is -7.31. The Morgan fingerprint density at radius 2 is 1.60 bits per heavy atom. The van der Waals surface area contributed by atoms with Gasteiger partial charge < -0.3 is 26.4 Å². The van der Waals surface area contributed by atoms with Crippen molar-refractivity contribution >= 4 is 34.8 Å². The monoisotopic (exact) mass is 615 g/mol. The first kappa shape index (κ1) is 33.4. The van der Waals surface area contributed by atoms with Crippen LogP contribution in [0.1, 0.15) is 36.8 Å². The molecule has 0 saturated carbocycles. The molecule has 0 saturated heterocycles. The zero-order valence-corrected chi connectivity index (χ0v) is 23.0. The molecule has 5 N–H and O–H groups in total. The minimum absolute atomic E-state index is 0.241. The van der Waals surface area contributed by atoms with E-state index >= 15 is 0 Å². The molecule has 0 radical (unpaired) electrons. The summed E-state index contributed by atoms with van der Waals surface area (Å²) in [6.07, 6.45) is -16.4. The second-order valence-corrected chi connectivity index (χ2v) is 9.81. The number of ether oxygens (including phenoxy) is 1. The quantitative estimate of drug-likeness (QED) is 0.196. The number of benzodiazepines with no additional fused rings is 1. The second-order valence-electron chi connectivity index (χ2n) is 9.81. The Kier molecular flexibility index (Phi) is 11.1. The summed E-state index contributed by atoms with van der Waals surface area (Å²) >= 11 is 0. The number of rotatable bonds is 13. The lowest BCUT2D eigenvalue weighted by atomic mass is 9.83. The maximum absolute atomic E-state index is 13.4. The predicted molar refractivity (Wildman–Crippen MR) is 146 cm³/mol. The van der Waals surface area contributed by atoms with Gasteiger partial charge in [0.25, 0.3) is 5.91 Å². The van der Waals surface area contributed by atoms with Crippen LogP contribution in [-0.2, 0) is 19.1 Å². The summed E-state index contributed by atoms with van der Waals surface area (Å²) in [4.78, 5) is 43.3. The van der Waals surface area contributed by atoms with Crippen LogP contribution < -0.4 is 21.7 Å². The number of para-hydroxylation sites is 1. The zero-order valence-electron chi connectivity index (χ0n) is 23.0. The summed E-state index contributed by atoms with van der Waals surface area (Å²) in [7, 11) is 1.51. The van der Waals surface area contributed by atoms with E-state index in [1.807, 2.05) is 0 Å². The molecule has 9 nitrogen and oxygen atoms in total. The van der Waals surface area contributed by atoms with E-state index < -0.39 is 73.8 Å². The molecule has 3 amide bonds. The maximum Gasteiger partial charge on any atom is 0.389 e. The minimum Gasteiger partial charge on any atom is -0.383 e. The van der Waals surface area contributed by atoms with Crippen LogP contribution in [0, 0.1) is 11.8 Å². The second kappa shape index (κ2) is 14.4. The lowest BCUT2D eigenvalue weighted by Gasteiger charge is -2.26. The summed E-state index contributed by atoms with van der Waals surface area (Å²) in [5, 5.41) is 8.04. The van der Waals surface area contributed by atoms with Gasteiger partial charge in [-0.05, 0) is 18.9 Å². The van der Waals surface area contributed by atoms with Crippen molar-refractivity contribution in [3.8, 4) is 0 Å². The van der Waals surface area contributed by atoms with E-state index in [1.54, 1.807) is 48.5 Å². The number of benzene rings is 2. The fourth-order valence-corrected chi connectivity index (χ4v) is 4.63. The molecule has 0 aliphatic carbocycles. The number of hydrogen-bond acceptors (Lipinski definition) is 6. The number of aliphatic imine (C=N–C) groups is 1. The number of nitrogens with two attached hydrogens (primary N) is 1. The number of fused-ring (bicyclic) bond motifs is 1. The lowest BCUT2D eigenvalue weighted by Crippen LogP contribution is -2.48. The van der Waals surface area contributed by atoms with Crippen LogP contribution in [-0.4, -0.2) is 62.2 Å². The molecule has 2 aromatic rings. The van der Waals surface area contributed by atoms with Crippen molar-refractivity contribution in [3.63, 3.8) is 0 Å². The van der Waals surface area contributed by atoms with E-state index in [0.717, 1.165) is 0 Å². The number of alkyl halides is 6. The molecule has 0 aromatic heterocycles. The third-order valence-electron chi connectivity index (χ3n) is 6.69. The van der Waals surface area contributed by atoms with Crippen molar-refractivity contribution in [1.82, 2.24) is 5.32 Å². The summed E-state index contributed by atoms with van der Waals surface area (Å²) in [6.45, 7) is 0.707. The van der Waals surface area contributed by atoms with Crippen LogP contribution in [0.25, 0.3) is 0 Å². The first-order valence-electron chi connectivity index (χ1n) is 13.2. The average molecular weight is 616 g/mol. The number of nitrogens with one attached hydrogen (secondary N) is 3. The predicted octanol–water partition coefficient (Wildman–Crippen LogP) is 4.38. The molecule has 2 aromatic carbocycles. The molecule has 3 atom stereocenters. The van der Waals surface area contributed by atoms with E-state index in [4.69, 9.17) is 10.5 Å². The first-order chi connectivity index (χ1) is 20.2. The third kappa shape index (κ3) is 9.70. The van der Waals surface area contributed by atoms with Crippen molar-refractivity contribution in [3.05, 3.63) is 59.7 Å². The zero-order chi connectivity index (χ0) is 31.8. The number of methoxy groups -OCH3 is 1. The third-order valence-corrected chi connectivity index (χ3v) is 6.69. The molecular formula is C28H31F6N5O4. The number of amides is 3. The molecule has 0 fully saturated rings. The molecule has 15 heteroatoms. The fourth-order valence-electron chi connectivity index (χ4n) is 4.63. The van der Waals surface area contributed by atoms with Crippen LogP contribution in [0.4, 0.5) is 37.7 Å². The summed E-state index contributed by atoms with van der Waals surface area (Å²) in [5.41, 5.74) is 7.27. The Hall–Kier alpha value is -4.14. The first-order valence-corrected chi connectivity index (χ1v) is 13.2. The Morgan fingerprint density at radius 3 is 2.19 bits per heavy atom. The van der Waals surface area contributed by atoms with Gasteiger partial charge in [0, 0.05) is 49.5 Å². The number of anilines is 2. The lowest BCUT2D eigenvalue weighted by molar-refractivity contribution is -0.152. The highest BCUT2D eigenvalue weighted by Gasteiger charge is 2.40. The molecule has 3 rings (SSSR count).